The second kappa shape index (κ2) is 3.03. The maximum atomic E-state index is 11.7. The summed E-state index contributed by atoms with van der Waals surface area (Å²) in [6.45, 7) is 2.51. The zero-order valence-corrected chi connectivity index (χ0v) is 7.81. The maximum absolute atomic E-state index is 11.7. The Morgan fingerprint density at radius 3 is 2.85 bits per heavy atom. The van der Waals surface area contributed by atoms with E-state index in [4.69, 9.17) is 5.73 Å². The van der Waals surface area contributed by atoms with Crippen molar-refractivity contribution in [3.05, 3.63) is 22.9 Å². The van der Waals surface area contributed by atoms with E-state index in [9.17, 15) is 4.79 Å². The normalized spacial score (nSPS) is 18.9. The van der Waals surface area contributed by atoms with E-state index in [1.165, 1.54) is 0 Å². The highest BCUT2D eigenvalue weighted by Gasteiger charge is 2.25. The Hall–Kier alpha value is -1.03. The highest BCUT2D eigenvalue weighted by Crippen LogP contribution is 2.33. The lowest BCUT2D eigenvalue weighted by molar-refractivity contribution is 0.556. The van der Waals surface area contributed by atoms with Gasteiger partial charge in [-0.1, -0.05) is 0 Å². The van der Waals surface area contributed by atoms with Crippen LogP contribution in [-0.4, -0.2) is 15.2 Å². The molecule has 0 saturated heterocycles. The zero-order valence-electron chi connectivity index (χ0n) is 7.81. The number of nitrogens with two attached hydrogens (primary N) is 1. The molecule has 0 spiro atoms. The zero-order chi connectivity index (χ0) is 9.42. The van der Waals surface area contributed by atoms with Gasteiger partial charge in [0.15, 0.2) is 0 Å². The van der Waals surface area contributed by atoms with Gasteiger partial charge in [0.2, 0.25) is 0 Å². The molecular formula is C9H15N3O. The third-order valence-electron chi connectivity index (χ3n) is 2.30. The number of rotatable bonds is 3. The van der Waals surface area contributed by atoms with Gasteiger partial charge >= 0.3 is 5.69 Å². The van der Waals surface area contributed by atoms with E-state index < -0.39 is 0 Å². The van der Waals surface area contributed by atoms with Crippen molar-refractivity contribution in [2.75, 3.05) is 0 Å². The van der Waals surface area contributed by atoms with E-state index in [0.29, 0.717) is 12.6 Å². The smallest absolute Gasteiger partial charge is 0.326 e. The fourth-order valence-electron chi connectivity index (χ4n) is 1.51. The van der Waals surface area contributed by atoms with Gasteiger partial charge in [0, 0.05) is 31.0 Å². The molecule has 0 aliphatic heterocycles. The van der Waals surface area contributed by atoms with E-state index in [1.807, 2.05) is 23.9 Å². The Balaban J connectivity index is 2.22. The second-order valence-corrected chi connectivity index (χ2v) is 3.85. The molecule has 0 bridgehead atoms. The lowest BCUT2D eigenvalue weighted by Crippen LogP contribution is -2.30. The van der Waals surface area contributed by atoms with Gasteiger partial charge in [-0.25, -0.2) is 4.79 Å². The van der Waals surface area contributed by atoms with Crippen LogP contribution in [0, 0.1) is 0 Å². The molecule has 2 rings (SSSR count). The SMILES string of the molecule is C[C@H](N)Cn1ccn(C2CC2)c1=O. The Morgan fingerprint density at radius 1 is 1.62 bits per heavy atom. The van der Waals surface area contributed by atoms with Crippen molar-refractivity contribution in [1.29, 1.82) is 0 Å². The predicted octanol–water partition coefficient (Wildman–Crippen LogP) is 0.332. The largest absolute Gasteiger partial charge is 0.328 e. The summed E-state index contributed by atoms with van der Waals surface area (Å²) in [5, 5.41) is 0. The molecule has 0 unspecified atom stereocenters. The predicted molar refractivity (Wildman–Crippen MR) is 50.6 cm³/mol. The van der Waals surface area contributed by atoms with Crippen LogP contribution in [0.3, 0.4) is 0 Å². The molecule has 1 aromatic heterocycles. The van der Waals surface area contributed by atoms with Crippen molar-refractivity contribution < 1.29 is 0 Å². The molecule has 1 aliphatic rings. The molecule has 0 radical (unpaired) electrons. The molecule has 1 aromatic rings. The lowest BCUT2D eigenvalue weighted by Gasteiger charge is -2.04. The Morgan fingerprint density at radius 2 is 2.31 bits per heavy atom. The highest BCUT2D eigenvalue weighted by atomic mass is 16.1. The lowest BCUT2D eigenvalue weighted by atomic mass is 10.4. The summed E-state index contributed by atoms with van der Waals surface area (Å²) in [5.74, 6) is 0. The summed E-state index contributed by atoms with van der Waals surface area (Å²) < 4.78 is 3.49. The van der Waals surface area contributed by atoms with E-state index >= 15 is 0 Å². The Kier molecular flexibility index (Phi) is 2.00. The third-order valence-corrected chi connectivity index (χ3v) is 2.30. The van der Waals surface area contributed by atoms with Crippen molar-refractivity contribution in [2.24, 2.45) is 5.73 Å². The van der Waals surface area contributed by atoms with Crippen LogP contribution in [0.4, 0.5) is 0 Å². The van der Waals surface area contributed by atoms with Crippen molar-refractivity contribution in [1.82, 2.24) is 9.13 Å². The molecule has 2 N–H and O–H groups in total. The Bertz CT molecular complexity index is 346. The number of imidazole rings is 1. The molecule has 1 aliphatic carbocycles. The van der Waals surface area contributed by atoms with E-state index in [0.717, 1.165) is 12.8 Å². The summed E-state index contributed by atoms with van der Waals surface area (Å²) in [6, 6.07) is 0.495. The quantitative estimate of drug-likeness (QED) is 0.730. The standard InChI is InChI=1S/C9H15N3O/c1-7(10)6-11-4-5-12(9(11)13)8-2-3-8/h4-5,7-8H,2-3,6,10H2,1H3/t7-/m0/s1. The maximum Gasteiger partial charge on any atom is 0.328 e. The topological polar surface area (TPSA) is 52.9 Å². The van der Waals surface area contributed by atoms with Crippen LogP contribution in [0.5, 0.6) is 0 Å². The van der Waals surface area contributed by atoms with Crippen LogP contribution >= 0.6 is 0 Å². The van der Waals surface area contributed by atoms with E-state index in [1.54, 1.807) is 4.57 Å². The summed E-state index contributed by atoms with van der Waals surface area (Å²) in [4.78, 5) is 11.7. The van der Waals surface area contributed by atoms with Crippen molar-refractivity contribution >= 4 is 0 Å². The van der Waals surface area contributed by atoms with Gasteiger partial charge in [0.05, 0.1) is 0 Å². The van der Waals surface area contributed by atoms with Crippen LogP contribution in [0.25, 0.3) is 0 Å². The number of nitrogens with zero attached hydrogens (tertiary/aromatic N) is 2. The monoisotopic (exact) mass is 181 g/mol. The Labute approximate surface area is 77.0 Å². The summed E-state index contributed by atoms with van der Waals surface area (Å²) in [6.07, 6.45) is 5.97. The molecule has 4 heteroatoms. The average molecular weight is 181 g/mol. The van der Waals surface area contributed by atoms with Gasteiger partial charge in [-0.3, -0.25) is 9.13 Å². The number of hydrogen-bond donors (Lipinski definition) is 1. The molecule has 1 atom stereocenters. The highest BCUT2D eigenvalue weighted by molar-refractivity contribution is 4.91. The molecule has 4 nitrogen and oxygen atoms in total. The molecule has 72 valence electrons. The van der Waals surface area contributed by atoms with Crippen LogP contribution in [0.15, 0.2) is 17.2 Å². The van der Waals surface area contributed by atoms with Gasteiger partial charge < -0.3 is 5.73 Å². The molecular weight excluding hydrogens is 166 g/mol. The van der Waals surface area contributed by atoms with E-state index in [2.05, 4.69) is 0 Å². The minimum atomic E-state index is 0.0350. The van der Waals surface area contributed by atoms with Crippen LogP contribution in [0.1, 0.15) is 25.8 Å². The third kappa shape index (κ3) is 1.67. The summed E-state index contributed by atoms with van der Waals surface area (Å²) in [7, 11) is 0. The van der Waals surface area contributed by atoms with Crippen LogP contribution in [0.2, 0.25) is 0 Å². The average Bonchev–Trinajstić information content (AvgIpc) is 2.81. The number of aromatic nitrogens is 2. The minimum absolute atomic E-state index is 0.0350. The molecule has 13 heavy (non-hydrogen) atoms. The summed E-state index contributed by atoms with van der Waals surface area (Å²) >= 11 is 0. The molecule has 1 fully saturated rings. The number of hydrogen-bond acceptors (Lipinski definition) is 2. The van der Waals surface area contributed by atoms with Crippen LogP contribution in [-0.2, 0) is 6.54 Å². The first-order chi connectivity index (χ1) is 6.18. The molecule has 0 amide bonds. The van der Waals surface area contributed by atoms with Gasteiger partial charge in [-0.2, -0.15) is 0 Å². The fourth-order valence-corrected chi connectivity index (χ4v) is 1.51. The fraction of sp³-hybridized carbons (Fsp3) is 0.667. The summed E-state index contributed by atoms with van der Waals surface area (Å²) in [5.41, 5.74) is 5.71. The first kappa shape index (κ1) is 8.56. The van der Waals surface area contributed by atoms with Crippen molar-refractivity contribution in [2.45, 2.75) is 38.4 Å². The second-order valence-electron chi connectivity index (χ2n) is 3.85. The van der Waals surface area contributed by atoms with E-state index in [-0.39, 0.29) is 11.7 Å². The van der Waals surface area contributed by atoms with Crippen molar-refractivity contribution in [3.63, 3.8) is 0 Å². The van der Waals surface area contributed by atoms with Gasteiger partial charge in [-0.05, 0) is 19.8 Å². The molecule has 0 aromatic carbocycles. The van der Waals surface area contributed by atoms with Gasteiger partial charge in [0.1, 0.15) is 0 Å². The molecule has 1 saturated carbocycles. The van der Waals surface area contributed by atoms with Gasteiger partial charge in [0.25, 0.3) is 0 Å². The first-order valence-electron chi connectivity index (χ1n) is 4.71. The van der Waals surface area contributed by atoms with Crippen LogP contribution < -0.4 is 11.4 Å². The van der Waals surface area contributed by atoms with Gasteiger partial charge in [-0.15, -0.1) is 0 Å². The first-order valence-corrected chi connectivity index (χ1v) is 4.71. The van der Waals surface area contributed by atoms with Crippen molar-refractivity contribution in [3.8, 4) is 0 Å². The minimum Gasteiger partial charge on any atom is -0.326 e. The molecule has 1 heterocycles.